The van der Waals surface area contributed by atoms with Crippen LogP contribution < -0.4 is 19.5 Å². The number of ether oxygens (including phenoxy) is 3. The molecule has 1 saturated carbocycles. The summed E-state index contributed by atoms with van der Waals surface area (Å²) in [5, 5.41) is 16.8. The number of nitrogens with zero attached hydrogens (tertiary/aromatic N) is 1. The van der Waals surface area contributed by atoms with E-state index in [1.165, 1.54) is 26.4 Å². The Labute approximate surface area is 241 Å². The lowest BCUT2D eigenvalue weighted by Crippen LogP contribution is -2.58. The second kappa shape index (κ2) is 10.4. The first kappa shape index (κ1) is 27.1. The molecular weight excluding hydrogens is 555 g/mol. The van der Waals surface area contributed by atoms with Gasteiger partial charge in [-0.15, -0.1) is 0 Å². The van der Waals surface area contributed by atoms with E-state index >= 15 is 0 Å². The van der Waals surface area contributed by atoms with Crippen molar-refractivity contribution in [1.29, 1.82) is 0 Å². The van der Waals surface area contributed by atoms with Gasteiger partial charge in [-0.25, -0.2) is 9.18 Å². The van der Waals surface area contributed by atoms with Crippen LogP contribution in [0, 0.1) is 5.82 Å². The zero-order chi connectivity index (χ0) is 28.1. The van der Waals surface area contributed by atoms with E-state index in [1.54, 1.807) is 59.1 Å². The Kier molecular flexibility index (Phi) is 7.01. The van der Waals surface area contributed by atoms with Gasteiger partial charge in [-0.2, -0.15) is 11.8 Å². The van der Waals surface area contributed by atoms with Crippen molar-refractivity contribution in [2.45, 2.75) is 29.6 Å². The van der Waals surface area contributed by atoms with Crippen molar-refractivity contribution in [2.24, 2.45) is 0 Å². The number of urea groups is 1. The van der Waals surface area contributed by atoms with Crippen LogP contribution in [0.1, 0.15) is 29.0 Å². The number of rotatable bonds is 5. The van der Waals surface area contributed by atoms with Crippen LogP contribution in [0.25, 0.3) is 0 Å². The van der Waals surface area contributed by atoms with Gasteiger partial charge in [-0.1, -0.05) is 35.9 Å². The molecule has 6 rings (SSSR count). The quantitative estimate of drug-likeness (QED) is 0.424. The standard InChI is InChI=1S/C30H30ClFN2O5S/c1-37-22-15-24(38-2)27-25(16-22)39-30(19-6-8-20(31)9-7-19)23(18-4-3-5-21(32)14-18)17-26(29(27,30)36)33-28(35)34-10-12-40-13-11-34/h3-9,14-16,23,26,36H,10-13,17H2,1-2H3,(H,33,35)/t23-,26-,29+,30-/m0/s1. The number of methoxy groups -OCH3 is 2. The Bertz CT molecular complexity index is 1440. The molecule has 3 aromatic carbocycles. The minimum Gasteiger partial charge on any atom is -0.496 e. The van der Waals surface area contributed by atoms with E-state index in [9.17, 15) is 14.3 Å². The highest BCUT2D eigenvalue weighted by Gasteiger charge is 2.74. The number of carbonyl (C=O) groups is 1. The summed E-state index contributed by atoms with van der Waals surface area (Å²) in [6.07, 6.45) is 0.283. The third-order valence-corrected chi connectivity index (χ3v) is 9.49. The maximum Gasteiger partial charge on any atom is 0.317 e. The molecule has 1 saturated heterocycles. The highest BCUT2D eigenvalue weighted by atomic mass is 35.5. The first-order chi connectivity index (χ1) is 19.3. The van der Waals surface area contributed by atoms with Gasteiger partial charge >= 0.3 is 6.03 Å². The fourth-order valence-electron chi connectivity index (χ4n) is 6.52. The van der Waals surface area contributed by atoms with E-state index < -0.39 is 29.0 Å². The number of benzene rings is 3. The van der Waals surface area contributed by atoms with Crippen molar-refractivity contribution >= 4 is 29.4 Å². The molecule has 0 aromatic heterocycles. The number of thioether (sulfide) groups is 1. The lowest BCUT2D eigenvalue weighted by atomic mass is 9.71. The average Bonchev–Trinajstić information content (AvgIpc) is 3.38. The summed E-state index contributed by atoms with van der Waals surface area (Å²) >= 11 is 8.08. The molecule has 1 aliphatic carbocycles. The highest BCUT2D eigenvalue weighted by molar-refractivity contribution is 7.99. The van der Waals surface area contributed by atoms with Crippen LogP contribution in [0.15, 0.2) is 60.7 Å². The van der Waals surface area contributed by atoms with Crippen LogP contribution in [0.4, 0.5) is 9.18 Å². The molecule has 0 radical (unpaired) electrons. The fourth-order valence-corrected chi connectivity index (χ4v) is 7.55. The SMILES string of the molecule is COc1cc(OC)c2c(c1)O[C@@]1(c3ccc(Cl)cc3)[C@H](c3cccc(F)c3)C[C@H](NC(=O)N3CCSCC3)[C@@]21O. The van der Waals surface area contributed by atoms with Crippen molar-refractivity contribution < 1.29 is 28.5 Å². The third-order valence-electron chi connectivity index (χ3n) is 8.30. The number of hydrogen-bond acceptors (Lipinski definition) is 6. The Morgan fingerprint density at radius 2 is 1.88 bits per heavy atom. The average molecular weight is 585 g/mol. The van der Waals surface area contributed by atoms with E-state index in [2.05, 4.69) is 5.32 Å². The number of halogens is 2. The maximum absolute atomic E-state index is 14.6. The van der Waals surface area contributed by atoms with Crippen molar-refractivity contribution in [3.8, 4) is 17.2 Å². The molecule has 3 aliphatic rings. The minimum absolute atomic E-state index is 0.260. The van der Waals surface area contributed by atoms with Gasteiger partial charge in [0.25, 0.3) is 0 Å². The monoisotopic (exact) mass is 584 g/mol. The number of carbonyl (C=O) groups excluding carboxylic acids is 1. The molecule has 2 heterocycles. The maximum atomic E-state index is 14.6. The van der Waals surface area contributed by atoms with Crippen LogP contribution in [-0.4, -0.2) is 60.9 Å². The molecule has 2 fully saturated rings. The van der Waals surface area contributed by atoms with Gasteiger partial charge in [0.1, 0.15) is 23.1 Å². The summed E-state index contributed by atoms with van der Waals surface area (Å²) in [6, 6.07) is 15.7. The van der Waals surface area contributed by atoms with E-state index in [1.807, 2.05) is 6.07 Å². The van der Waals surface area contributed by atoms with Gasteiger partial charge in [0.05, 0.1) is 25.8 Å². The molecule has 4 atom stereocenters. The van der Waals surface area contributed by atoms with Crippen molar-refractivity contribution in [1.82, 2.24) is 10.2 Å². The van der Waals surface area contributed by atoms with Crippen molar-refractivity contribution in [2.75, 3.05) is 38.8 Å². The molecule has 40 heavy (non-hydrogen) atoms. The molecule has 7 nitrogen and oxygen atoms in total. The van der Waals surface area contributed by atoms with Crippen molar-refractivity contribution in [3.63, 3.8) is 0 Å². The zero-order valence-corrected chi connectivity index (χ0v) is 23.7. The molecule has 3 aromatic rings. The van der Waals surface area contributed by atoms with Gasteiger partial charge in [0.15, 0.2) is 11.2 Å². The topological polar surface area (TPSA) is 80.3 Å². The molecule has 2 aliphatic heterocycles. The fraction of sp³-hybridized carbons (Fsp3) is 0.367. The zero-order valence-electron chi connectivity index (χ0n) is 22.2. The Balaban J connectivity index is 1.58. The van der Waals surface area contributed by atoms with E-state index in [0.717, 1.165) is 11.5 Å². The first-order valence-corrected chi connectivity index (χ1v) is 14.7. The predicted molar refractivity (Wildman–Crippen MR) is 152 cm³/mol. The largest absolute Gasteiger partial charge is 0.496 e. The smallest absolute Gasteiger partial charge is 0.317 e. The normalized spacial score (nSPS) is 27.0. The van der Waals surface area contributed by atoms with Crippen molar-refractivity contribution in [3.05, 3.63) is 88.2 Å². The summed E-state index contributed by atoms with van der Waals surface area (Å²) in [4.78, 5) is 15.3. The number of fused-ring (bicyclic) bond motifs is 3. The highest BCUT2D eigenvalue weighted by Crippen LogP contribution is 2.68. The van der Waals surface area contributed by atoms with Gasteiger partial charge in [0.2, 0.25) is 0 Å². The molecule has 0 unspecified atom stereocenters. The minimum atomic E-state index is -1.80. The number of hydrogen-bond donors (Lipinski definition) is 2. The molecule has 0 spiro atoms. The van der Waals surface area contributed by atoms with Crippen LogP contribution in [-0.2, 0) is 11.2 Å². The summed E-state index contributed by atoms with van der Waals surface area (Å²) in [5.41, 5.74) is -1.58. The van der Waals surface area contributed by atoms with Crippen LogP contribution in [0.5, 0.6) is 17.2 Å². The number of aliphatic hydroxyl groups is 1. The second-order valence-electron chi connectivity index (χ2n) is 10.3. The van der Waals surface area contributed by atoms with E-state index in [-0.39, 0.29) is 12.5 Å². The van der Waals surface area contributed by atoms with E-state index in [0.29, 0.717) is 52.1 Å². The van der Waals surface area contributed by atoms with Crippen LogP contribution in [0.3, 0.4) is 0 Å². The summed E-state index contributed by atoms with van der Waals surface area (Å²) in [7, 11) is 3.05. The molecular formula is C30H30ClFN2O5S. The van der Waals surface area contributed by atoms with E-state index in [4.69, 9.17) is 25.8 Å². The lowest BCUT2D eigenvalue weighted by molar-refractivity contribution is -0.116. The molecule has 0 bridgehead atoms. The second-order valence-corrected chi connectivity index (χ2v) is 11.9. The Morgan fingerprint density at radius 1 is 1.12 bits per heavy atom. The molecule has 210 valence electrons. The number of nitrogens with one attached hydrogen (secondary N) is 1. The summed E-state index contributed by atoms with van der Waals surface area (Å²) in [5.74, 6) is 1.95. The summed E-state index contributed by atoms with van der Waals surface area (Å²) < 4.78 is 32.8. The first-order valence-electron chi connectivity index (χ1n) is 13.1. The summed E-state index contributed by atoms with van der Waals surface area (Å²) in [6.45, 7) is 1.23. The van der Waals surface area contributed by atoms with Gasteiger partial charge in [0, 0.05) is 47.7 Å². The van der Waals surface area contributed by atoms with Crippen LogP contribution >= 0.6 is 23.4 Å². The molecule has 2 N–H and O–H groups in total. The van der Waals surface area contributed by atoms with Gasteiger partial charge < -0.3 is 29.5 Å². The van der Waals surface area contributed by atoms with Gasteiger partial charge in [-0.3, -0.25) is 0 Å². The molecule has 2 amide bonds. The predicted octanol–water partition coefficient (Wildman–Crippen LogP) is 5.29. The molecule has 10 heteroatoms. The Hall–Kier alpha value is -3.14. The van der Waals surface area contributed by atoms with Gasteiger partial charge in [-0.05, 0) is 41.8 Å². The third kappa shape index (κ3) is 4.09. The lowest BCUT2D eigenvalue weighted by Gasteiger charge is -2.42. The number of amides is 2. The van der Waals surface area contributed by atoms with Crippen LogP contribution in [0.2, 0.25) is 5.02 Å². The Morgan fingerprint density at radius 3 is 2.55 bits per heavy atom.